The lowest BCUT2D eigenvalue weighted by atomic mass is 10.0. The highest BCUT2D eigenvalue weighted by atomic mass is 19.1. The van der Waals surface area contributed by atoms with E-state index in [1.54, 1.807) is 18.4 Å². The molecule has 3 aromatic rings. The standard InChI is InChI=1S/C15H13FN2O2/c1-2-12-11(7-8-19-12)14-13(15(17)18-20-14)9-3-5-10(16)6-4-9/h3-8H,2H2,1H3,(H2,17,18). The maximum Gasteiger partial charge on any atom is 0.180 e. The van der Waals surface area contributed by atoms with E-state index in [2.05, 4.69) is 5.16 Å². The lowest BCUT2D eigenvalue weighted by Crippen LogP contribution is -1.89. The first kappa shape index (κ1) is 12.5. The summed E-state index contributed by atoms with van der Waals surface area (Å²) in [4.78, 5) is 0. The van der Waals surface area contributed by atoms with Gasteiger partial charge in [0.25, 0.3) is 0 Å². The van der Waals surface area contributed by atoms with Crippen LogP contribution in [-0.2, 0) is 6.42 Å². The molecule has 20 heavy (non-hydrogen) atoms. The molecule has 0 radical (unpaired) electrons. The van der Waals surface area contributed by atoms with Crippen molar-refractivity contribution < 1.29 is 13.3 Å². The zero-order valence-electron chi connectivity index (χ0n) is 10.9. The molecule has 0 aliphatic carbocycles. The summed E-state index contributed by atoms with van der Waals surface area (Å²) >= 11 is 0. The molecule has 0 spiro atoms. The third kappa shape index (κ3) is 1.97. The smallest absolute Gasteiger partial charge is 0.180 e. The van der Waals surface area contributed by atoms with Gasteiger partial charge in [-0.25, -0.2) is 4.39 Å². The maximum atomic E-state index is 13.0. The largest absolute Gasteiger partial charge is 0.469 e. The lowest BCUT2D eigenvalue weighted by Gasteiger charge is -2.02. The second-order valence-corrected chi connectivity index (χ2v) is 4.39. The molecule has 0 fully saturated rings. The molecule has 0 saturated carbocycles. The Bertz CT molecular complexity index is 729. The van der Waals surface area contributed by atoms with Gasteiger partial charge in [-0.3, -0.25) is 0 Å². The first-order chi connectivity index (χ1) is 9.70. The van der Waals surface area contributed by atoms with Crippen molar-refractivity contribution in [1.82, 2.24) is 5.16 Å². The van der Waals surface area contributed by atoms with Crippen molar-refractivity contribution in [2.75, 3.05) is 5.73 Å². The van der Waals surface area contributed by atoms with Crippen LogP contribution in [0.15, 0.2) is 45.5 Å². The zero-order chi connectivity index (χ0) is 14.1. The molecule has 3 rings (SSSR count). The number of hydrogen-bond donors (Lipinski definition) is 1. The number of nitrogen functional groups attached to an aromatic ring is 1. The molecule has 1 aromatic carbocycles. The molecule has 0 atom stereocenters. The van der Waals surface area contributed by atoms with Gasteiger partial charge in [-0.2, -0.15) is 0 Å². The van der Waals surface area contributed by atoms with Gasteiger partial charge in [0, 0.05) is 6.42 Å². The second-order valence-electron chi connectivity index (χ2n) is 4.39. The molecular weight excluding hydrogens is 259 g/mol. The van der Waals surface area contributed by atoms with Crippen molar-refractivity contribution in [3.63, 3.8) is 0 Å². The summed E-state index contributed by atoms with van der Waals surface area (Å²) in [5.74, 6) is 1.31. The molecule has 2 heterocycles. The predicted octanol–water partition coefficient (Wildman–Crippen LogP) is 3.89. The molecule has 2 aromatic heterocycles. The molecule has 2 N–H and O–H groups in total. The summed E-state index contributed by atoms with van der Waals surface area (Å²) in [6, 6.07) is 7.86. The number of rotatable bonds is 3. The Morgan fingerprint density at radius 2 is 1.95 bits per heavy atom. The molecule has 0 saturated heterocycles. The molecule has 0 bridgehead atoms. The number of hydrogen-bond acceptors (Lipinski definition) is 4. The number of aryl methyl sites for hydroxylation is 1. The summed E-state index contributed by atoms with van der Waals surface area (Å²) < 4.78 is 23.8. The Hall–Kier alpha value is -2.56. The fourth-order valence-corrected chi connectivity index (χ4v) is 2.20. The summed E-state index contributed by atoms with van der Waals surface area (Å²) in [5.41, 5.74) is 8.10. The molecule has 5 heteroatoms. The van der Waals surface area contributed by atoms with Crippen LogP contribution < -0.4 is 5.73 Å². The topological polar surface area (TPSA) is 65.2 Å². The number of benzene rings is 1. The van der Waals surface area contributed by atoms with Gasteiger partial charge in [0.05, 0.1) is 17.4 Å². The molecule has 0 unspecified atom stereocenters. The van der Waals surface area contributed by atoms with Crippen molar-refractivity contribution in [1.29, 1.82) is 0 Å². The minimum atomic E-state index is -0.303. The van der Waals surface area contributed by atoms with Gasteiger partial charge < -0.3 is 14.7 Å². The van der Waals surface area contributed by atoms with Gasteiger partial charge in [-0.15, -0.1) is 0 Å². The normalized spacial score (nSPS) is 10.9. The second kappa shape index (κ2) is 4.85. The van der Waals surface area contributed by atoms with Gasteiger partial charge >= 0.3 is 0 Å². The monoisotopic (exact) mass is 272 g/mol. The quantitative estimate of drug-likeness (QED) is 0.785. The highest BCUT2D eigenvalue weighted by Gasteiger charge is 2.21. The van der Waals surface area contributed by atoms with Crippen LogP contribution in [0.3, 0.4) is 0 Å². The van der Waals surface area contributed by atoms with Crippen LogP contribution in [0.5, 0.6) is 0 Å². The van der Waals surface area contributed by atoms with E-state index >= 15 is 0 Å². The zero-order valence-corrected chi connectivity index (χ0v) is 10.9. The van der Waals surface area contributed by atoms with Crippen LogP contribution in [0, 0.1) is 5.82 Å². The Balaban J connectivity index is 2.17. The molecule has 102 valence electrons. The van der Waals surface area contributed by atoms with Gasteiger partial charge in [0.15, 0.2) is 11.6 Å². The molecular formula is C15H13FN2O2. The predicted molar refractivity (Wildman–Crippen MR) is 73.4 cm³/mol. The van der Waals surface area contributed by atoms with Crippen LogP contribution in [0.1, 0.15) is 12.7 Å². The minimum Gasteiger partial charge on any atom is -0.469 e. The number of nitrogens with zero attached hydrogens (tertiary/aromatic N) is 1. The summed E-state index contributed by atoms with van der Waals surface area (Å²) in [5, 5.41) is 3.81. The fourth-order valence-electron chi connectivity index (χ4n) is 2.20. The SMILES string of the molecule is CCc1occc1-c1onc(N)c1-c1ccc(F)cc1. The van der Waals surface area contributed by atoms with E-state index in [1.165, 1.54) is 12.1 Å². The maximum absolute atomic E-state index is 13.0. The van der Waals surface area contributed by atoms with Crippen LogP contribution in [0.25, 0.3) is 22.5 Å². The molecule has 4 nitrogen and oxygen atoms in total. The van der Waals surface area contributed by atoms with Crippen LogP contribution in [-0.4, -0.2) is 5.16 Å². The van der Waals surface area contributed by atoms with Crippen molar-refractivity contribution in [2.45, 2.75) is 13.3 Å². The first-order valence-electron chi connectivity index (χ1n) is 6.28. The average molecular weight is 272 g/mol. The number of aromatic nitrogens is 1. The Morgan fingerprint density at radius 3 is 2.65 bits per heavy atom. The van der Waals surface area contributed by atoms with E-state index in [0.717, 1.165) is 23.3 Å². The van der Waals surface area contributed by atoms with Crippen LogP contribution in [0.4, 0.5) is 10.2 Å². The first-order valence-corrected chi connectivity index (χ1v) is 6.28. The minimum absolute atomic E-state index is 0.273. The molecule has 0 aliphatic rings. The van der Waals surface area contributed by atoms with Crippen molar-refractivity contribution in [3.05, 3.63) is 48.2 Å². The van der Waals surface area contributed by atoms with E-state index in [0.29, 0.717) is 11.3 Å². The van der Waals surface area contributed by atoms with Gasteiger partial charge in [-0.05, 0) is 23.8 Å². The van der Waals surface area contributed by atoms with E-state index in [1.807, 2.05) is 13.0 Å². The highest BCUT2D eigenvalue weighted by molar-refractivity contribution is 5.87. The van der Waals surface area contributed by atoms with Crippen molar-refractivity contribution in [3.8, 4) is 22.5 Å². The van der Waals surface area contributed by atoms with E-state index in [9.17, 15) is 4.39 Å². The van der Waals surface area contributed by atoms with Gasteiger partial charge in [0.1, 0.15) is 11.6 Å². The van der Waals surface area contributed by atoms with Crippen LogP contribution in [0.2, 0.25) is 0 Å². The van der Waals surface area contributed by atoms with E-state index in [-0.39, 0.29) is 11.6 Å². The van der Waals surface area contributed by atoms with E-state index < -0.39 is 0 Å². The summed E-state index contributed by atoms with van der Waals surface area (Å²) in [7, 11) is 0. The lowest BCUT2D eigenvalue weighted by molar-refractivity contribution is 0.433. The number of halogens is 1. The van der Waals surface area contributed by atoms with Gasteiger partial charge in [0.2, 0.25) is 0 Å². The summed E-state index contributed by atoms with van der Waals surface area (Å²) in [6.45, 7) is 1.99. The van der Waals surface area contributed by atoms with Crippen molar-refractivity contribution >= 4 is 5.82 Å². The highest BCUT2D eigenvalue weighted by Crippen LogP contribution is 2.38. The van der Waals surface area contributed by atoms with E-state index in [4.69, 9.17) is 14.7 Å². The molecule has 0 aliphatic heterocycles. The number of anilines is 1. The Kier molecular flexibility index (Phi) is 3.02. The fraction of sp³-hybridized carbons (Fsp3) is 0.133. The Labute approximate surface area is 115 Å². The third-order valence-corrected chi connectivity index (χ3v) is 3.16. The Morgan fingerprint density at radius 1 is 1.20 bits per heavy atom. The van der Waals surface area contributed by atoms with Crippen molar-refractivity contribution in [2.24, 2.45) is 0 Å². The average Bonchev–Trinajstić information content (AvgIpc) is 3.05. The summed E-state index contributed by atoms with van der Waals surface area (Å²) in [6.07, 6.45) is 2.33. The molecule has 0 amide bonds. The number of furan rings is 1. The number of nitrogens with two attached hydrogens (primary N) is 1. The van der Waals surface area contributed by atoms with Crippen LogP contribution >= 0.6 is 0 Å². The van der Waals surface area contributed by atoms with Gasteiger partial charge in [-0.1, -0.05) is 24.2 Å². The third-order valence-electron chi connectivity index (χ3n) is 3.16.